The number of piperidine rings is 1. The van der Waals surface area contributed by atoms with E-state index >= 15 is 0 Å². The molecule has 1 aromatic carbocycles. The van der Waals surface area contributed by atoms with E-state index in [0.29, 0.717) is 24.1 Å². The highest BCUT2D eigenvalue weighted by Gasteiger charge is 2.23. The van der Waals surface area contributed by atoms with Crippen molar-refractivity contribution in [2.45, 2.75) is 39.3 Å². The van der Waals surface area contributed by atoms with Gasteiger partial charge in [-0.15, -0.1) is 0 Å². The summed E-state index contributed by atoms with van der Waals surface area (Å²) in [6.07, 6.45) is 3.52. The number of hydrogen-bond donors (Lipinski definition) is 3. The third kappa shape index (κ3) is 9.55. The lowest BCUT2D eigenvalue weighted by Gasteiger charge is -2.36. The summed E-state index contributed by atoms with van der Waals surface area (Å²) in [5, 5.41) is 20.6. The van der Waals surface area contributed by atoms with E-state index < -0.39 is 11.9 Å². The molecular weight excluding hydrogens is 403 g/mol. The molecule has 8 heteroatoms. The van der Waals surface area contributed by atoms with Gasteiger partial charge < -0.3 is 15.5 Å². The predicted molar refractivity (Wildman–Crippen MR) is 112 cm³/mol. The lowest BCUT2D eigenvalue weighted by molar-refractivity contribution is -0.134. The fourth-order valence-corrected chi connectivity index (χ4v) is 3.53. The van der Waals surface area contributed by atoms with Crippen LogP contribution in [-0.4, -0.2) is 52.7 Å². The first-order valence-corrected chi connectivity index (χ1v) is 9.97. The van der Waals surface area contributed by atoms with Crippen molar-refractivity contribution in [2.75, 3.05) is 19.6 Å². The number of nitrogens with zero attached hydrogens (tertiary/aromatic N) is 1. The summed E-state index contributed by atoms with van der Waals surface area (Å²) in [5.41, 5.74) is 1.06. The molecule has 0 amide bonds. The van der Waals surface area contributed by atoms with Crippen LogP contribution in [0.4, 0.5) is 0 Å². The predicted octanol–water partition coefficient (Wildman–Crippen LogP) is 3.92. The summed E-state index contributed by atoms with van der Waals surface area (Å²) >= 11 is 12.7. The zero-order valence-electron chi connectivity index (χ0n) is 16.2. The summed E-state index contributed by atoms with van der Waals surface area (Å²) in [5.74, 6) is -1.87. The Morgan fingerprint density at radius 3 is 2.07 bits per heavy atom. The number of carboxylic acids is 2. The molecule has 0 saturated carbocycles. The summed E-state index contributed by atoms with van der Waals surface area (Å²) in [7, 11) is 0. The summed E-state index contributed by atoms with van der Waals surface area (Å²) in [6, 6.07) is 6.40. The van der Waals surface area contributed by atoms with E-state index in [2.05, 4.69) is 24.1 Å². The van der Waals surface area contributed by atoms with Crippen LogP contribution in [0.1, 0.15) is 32.3 Å². The van der Waals surface area contributed by atoms with Gasteiger partial charge in [0.2, 0.25) is 0 Å². The normalized spacial score (nSPS) is 14.9. The van der Waals surface area contributed by atoms with Gasteiger partial charge >= 0.3 is 11.9 Å². The molecular formula is C20H28Cl2N2O4. The van der Waals surface area contributed by atoms with Gasteiger partial charge in [-0.3, -0.25) is 4.90 Å². The second-order valence-corrected chi connectivity index (χ2v) is 7.83. The molecule has 0 unspecified atom stereocenters. The van der Waals surface area contributed by atoms with E-state index in [1.165, 1.54) is 12.8 Å². The lowest BCUT2D eigenvalue weighted by Crippen LogP contribution is -2.44. The number of carboxylic acid groups (broad SMARTS) is 2. The highest BCUT2D eigenvalue weighted by molar-refractivity contribution is 6.35. The second kappa shape index (κ2) is 12.8. The third-order valence-electron chi connectivity index (χ3n) is 4.22. The first kappa shape index (κ1) is 24.4. The molecule has 28 heavy (non-hydrogen) atoms. The van der Waals surface area contributed by atoms with E-state index in [-0.39, 0.29) is 0 Å². The molecule has 0 radical (unpaired) electrons. The number of carbonyl (C=O) groups is 2. The van der Waals surface area contributed by atoms with E-state index in [9.17, 15) is 9.59 Å². The first-order valence-electron chi connectivity index (χ1n) is 9.22. The van der Waals surface area contributed by atoms with E-state index in [1.807, 2.05) is 18.2 Å². The molecule has 0 atom stereocenters. The maximum absolute atomic E-state index is 9.55. The Balaban J connectivity index is 0.000000416. The Morgan fingerprint density at radius 2 is 1.64 bits per heavy atom. The molecule has 3 N–H and O–H groups in total. The van der Waals surface area contributed by atoms with Crippen LogP contribution in [0.25, 0.3) is 0 Å². The summed E-state index contributed by atoms with van der Waals surface area (Å²) in [4.78, 5) is 21.7. The van der Waals surface area contributed by atoms with Crippen molar-refractivity contribution in [3.8, 4) is 0 Å². The maximum Gasteiger partial charge on any atom is 0.328 e. The average molecular weight is 431 g/mol. The molecule has 1 saturated heterocycles. The Morgan fingerprint density at radius 1 is 1.14 bits per heavy atom. The van der Waals surface area contributed by atoms with E-state index in [4.69, 9.17) is 33.4 Å². The maximum atomic E-state index is 9.55. The van der Waals surface area contributed by atoms with Crippen molar-refractivity contribution in [2.24, 2.45) is 5.92 Å². The molecule has 1 aromatic rings. The van der Waals surface area contributed by atoms with Crippen LogP contribution in [0.3, 0.4) is 0 Å². The molecule has 1 aliphatic rings. The SMILES string of the molecule is CC(C)CN(Cc1c(Cl)cccc1Cl)C1CCNCC1.O=C(O)/C=C/C(=O)O. The van der Waals surface area contributed by atoms with Crippen molar-refractivity contribution < 1.29 is 19.8 Å². The Bertz CT molecular complexity index is 638. The van der Waals surface area contributed by atoms with Gasteiger partial charge in [-0.05, 0) is 44.0 Å². The number of halogens is 2. The Kier molecular flexibility index (Phi) is 11.2. The first-order chi connectivity index (χ1) is 13.2. The molecule has 1 heterocycles. The number of aliphatic carboxylic acids is 2. The smallest absolute Gasteiger partial charge is 0.328 e. The summed E-state index contributed by atoms with van der Waals surface area (Å²) in [6.45, 7) is 8.68. The molecule has 1 fully saturated rings. The fraction of sp³-hybridized carbons (Fsp3) is 0.500. The minimum Gasteiger partial charge on any atom is -0.478 e. The highest BCUT2D eigenvalue weighted by atomic mass is 35.5. The molecule has 0 bridgehead atoms. The zero-order valence-corrected chi connectivity index (χ0v) is 17.7. The van der Waals surface area contributed by atoms with Crippen molar-refractivity contribution in [1.29, 1.82) is 0 Å². The van der Waals surface area contributed by atoms with Crippen molar-refractivity contribution in [3.05, 3.63) is 46.0 Å². The minimum absolute atomic E-state index is 0.558. The van der Waals surface area contributed by atoms with Gasteiger partial charge in [0.25, 0.3) is 0 Å². The van der Waals surface area contributed by atoms with Gasteiger partial charge in [0.15, 0.2) is 0 Å². The molecule has 0 aliphatic carbocycles. The number of hydrogen-bond acceptors (Lipinski definition) is 4. The molecule has 156 valence electrons. The van der Waals surface area contributed by atoms with E-state index in [0.717, 1.165) is 41.8 Å². The van der Waals surface area contributed by atoms with Crippen molar-refractivity contribution in [3.63, 3.8) is 0 Å². The largest absolute Gasteiger partial charge is 0.478 e. The highest BCUT2D eigenvalue weighted by Crippen LogP contribution is 2.27. The van der Waals surface area contributed by atoms with Gasteiger partial charge in [-0.1, -0.05) is 43.1 Å². The van der Waals surface area contributed by atoms with Gasteiger partial charge in [0.05, 0.1) is 0 Å². The molecule has 2 rings (SSSR count). The van der Waals surface area contributed by atoms with Crippen LogP contribution in [-0.2, 0) is 16.1 Å². The van der Waals surface area contributed by atoms with Crippen LogP contribution >= 0.6 is 23.2 Å². The lowest BCUT2D eigenvalue weighted by atomic mass is 10.0. The standard InChI is InChI=1S/C16H24Cl2N2.C4H4O4/c1-12(2)10-20(13-6-8-19-9-7-13)11-14-15(17)4-3-5-16(14)18;5-3(6)1-2-4(7)8/h3-5,12-13,19H,6-11H2,1-2H3;1-2H,(H,5,6)(H,7,8)/b;2-1+. The van der Waals surface area contributed by atoms with Gasteiger partial charge in [0, 0.05) is 46.9 Å². The Labute approximate surface area is 176 Å². The number of benzene rings is 1. The van der Waals surface area contributed by atoms with Crippen molar-refractivity contribution in [1.82, 2.24) is 10.2 Å². The third-order valence-corrected chi connectivity index (χ3v) is 4.92. The van der Waals surface area contributed by atoms with Gasteiger partial charge in [-0.2, -0.15) is 0 Å². The number of rotatable bonds is 7. The van der Waals surface area contributed by atoms with E-state index in [1.54, 1.807) is 0 Å². The van der Waals surface area contributed by atoms with Crippen LogP contribution < -0.4 is 5.32 Å². The van der Waals surface area contributed by atoms with Crippen LogP contribution in [0.15, 0.2) is 30.4 Å². The minimum atomic E-state index is -1.26. The molecule has 0 spiro atoms. The fourth-order valence-electron chi connectivity index (χ4n) is 3.01. The Hall–Kier alpha value is -1.60. The quantitative estimate of drug-likeness (QED) is 0.567. The van der Waals surface area contributed by atoms with Gasteiger partial charge in [0.1, 0.15) is 0 Å². The monoisotopic (exact) mass is 430 g/mol. The number of nitrogens with one attached hydrogen (secondary N) is 1. The van der Waals surface area contributed by atoms with Crippen molar-refractivity contribution >= 4 is 35.1 Å². The second-order valence-electron chi connectivity index (χ2n) is 7.01. The van der Waals surface area contributed by atoms with Crippen LogP contribution in [0.2, 0.25) is 10.0 Å². The molecule has 6 nitrogen and oxygen atoms in total. The summed E-state index contributed by atoms with van der Waals surface area (Å²) < 4.78 is 0. The topological polar surface area (TPSA) is 89.9 Å². The van der Waals surface area contributed by atoms with Crippen LogP contribution in [0.5, 0.6) is 0 Å². The average Bonchev–Trinajstić information content (AvgIpc) is 2.63. The zero-order chi connectivity index (χ0) is 21.1. The molecule has 0 aromatic heterocycles. The van der Waals surface area contributed by atoms with Gasteiger partial charge in [-0.25, -0.2) is 9.59 Å². The van der Waals surface area contributed by atoms with Crippen LogP contribution in [0, 0.1) is 5.92 Å². The molecule has 1 aliphatic heterocycles.